The number of rotatable bonds is 5. The van der Waals surface area contributed by atoms with Gasteiger partial charge in [-0.3, -0.25) is 4.79 Å². The Labute approximate surface area is 172 Å². The van der Waals surface area contributed by atoms with E-state index in [1.807, 2.05) is 42.2 Å². The van der Waals surface area contributed by atoms with Crippen LogP contribution in [0.3, 0.4) is 0 Å². The predicted molar refractivity (Wildman–Crippen MR) is 113 cm³/mol. The average Bonchev–Trinajstić information content (AvgIpc) is 3.25. The molecule has 3 atom stereocenters. The first-order valence-corrected chi connectivity index (χ1v) is 10.5. The number of aryl methyl sites for hydroxylation is 1. The monoisotopic (exact) mass is 397 g/mol. The molecule has 0 bridgehead atoms. The molecule has 28 heavy (non-hydrogen) atoms. The van der Waals surface area contributed by atoms with Crippen LogP contribution in [0.4, 0.5) is 0 Å². The largest absolute Gasteiger partial charge is 0.338 e. The molecule has 2 N–H and O–H groups in total. The summed E-state index contributed by atoms with van der Waals surface area (Å²) in [6, 6.07) is 16.0. The van der Waals surface area contributed by atoms with Gasteiger partial charge in [0.15, 0.2) is 0 Å². The third kappa shape index (κ3) is 3.95. The highest BCUT2D eigenvalue weighted by Crippen LogP contribution is 2.33. The quantitative estimate of drug-likeness (QED) is 0.836. The molecule has 0 saturated carbocycles. The number of carbonyl (C=O) groups excluding carboxylic acids is 1. The van der Waals surface area contributed by atoms with Gasteiger partial charge in [0.1, 0.15) is 0 Å². The zero-order valence-electron chi connectivity index (χ0n) is 16.4. The number of hydrogen-bond donors (Lipinski definition) is 1. The van der Waals surface area contributed by atoms with Crippen LogP contribution < -0.4 is 5.73 Å². The normalized spacial score (nSPS) is 23.0. The molecular weight excluding hydrogens is 370 g/mol. The topological polar surface area (TPSA) is 49.6 Å². The van der Waals surface area contributed by atoms with Crippen molar-refractivity contribution < 1.29 is 4.79 Å². The standard InChI is InChI=1S/C23H28ClN3O/c1-16-6-5-9-20(24)22(16)23(28)27-14-18-12-26(13-19(18)15-27)11-10-21(25)17-7-3-2-4-8-17/h2-9,18-19,21H,10-15,25H2,1H3/t18?,19?,21-/m0/s1. The molecule has 2 heterocycles. The first-order valence-electron chi connectivity index (χ1n) is 10.1. The van der Waals surface area contributed by atoms with Crippen molar-refractivity contribution in [1.82, 2.24) is 9.80 Å². The van der Waals surface area contributed by atoms with Crippen molar-refractivity contribution in [2.24, 2.45) is 17.6 Å². The van der Waals surface area contributed by atoms with E-state index in [1.54, 1.807) is 6.07 Å². The number of nitrogens with zero attached hydrogens (tertiary/aromatic N) is 2. The van der Waals surface area contributed by atoms with Gasteiger partial charge >= 0.3 is 0 Å². The number of fused-ring (bicyclic) bond motifs is 1. The third-order valence-electron chi connectivity index (χ3n) is 6.27. The molecule has 0 aromatic heterocycles. The second-order valence-electron chi connectivity index (χ2n) is 8.23. The Hall–Kier alpha value is -1.88. The first kappa shape index (κ1) is 19.4. The van der Waals surface area contributed by atoms with Gasteiger partial charge in [-0.1, -0.05) is 54.1 Å². The lowest BCUT2D eigenvalue weighted by atomic mass is 10.0. The molecule has 2 aromatic carbocycles. The molecule has 0 radical (unpaired) electrons. The lowest BCUT2D eigenvalue weighted by Crippen LogP contribution is -2.34. The van der Waals surface area contributed by atoms with Crippen molar-refractivity contribution in [1.29, 1.82) is 0 Å². The highest BCUT2D eigenvalue weighted by atomic mass is 35.5. The van der Waals surface area contributed by atoms with Gasteiger partial charge in [0.05, 0.1) is 10.6 Å². The number of benzene rings is 2. The fraction of sp³-hybridized carbons (Fsp3) is 0.435. The van der Waals surface area contributed by atoms with E-state index in [1.165, 1.54) is 5.56 Å². The third-order valence-corrected chi connectivity index (χ3v) is 6.58. The molecule has 2 aliphatic heterocycles. The molecule has 2 fully saturated rings. The zero-order chi connectivity index (χ0) is 19.7. The van der Waals surface area contributed by atoms with Gasteiger partial charge in [0.25, 0.3) is 5.91 Å². The van der Waals surface area contributed by atoms with Gasteiger partial charge in [0, 0.05) is 32.2 Å². The summed E-state index contributed by atoms with van der Waals surface area (Å²) < 4.78 is 0. The molecule has 148 valence electrons. The SMILES string of the molecule is Cc1cccc(Cl)c1C(=O)N1CC2CN(CC[C@H](N)c3ccccc3)CC2C1. The molecule has 0 aliphatic carbocycles. The van der Waals surface area contributed by atoms with Gasteiger partial charge in [-0.25, -0.2) is 0 Å². The van der Waals surface area contributed by atoms with E-state index in [2.05, 4.69) is 17.0 Å². The van der Waals surface area contributed by atoms with E-state index in [4.69, 9.17) is 17.3 Å². The Kier molecular flexibility index (Phi) is 5.72. The Bertz CT molecular complexity index is 807. The van der Waals surface area contributed by atoms with Crippen LogP contribution in [0, 0.1) is 18.8 Å². The van der Waals surface area contributed by atoms with E-state index in [0.29, 0.717) is 22.4 Å². The molecule has 4 nitrogen and oxygen atoms in total. The Morgan fingerprint density at radius 2 is 1.75 bits per heavy atom. The van der Waals surface area contributed by atoms with E-state index in [0.717, 1.165) is 44.7 Å². The molecule has 2 unspecified atom stereocenters. The minimum Gasteiger partial charge on any atom is -0.338 e. The van der Waals surface area contributed by atoms with Gasteiger partial charge < -0.3 is 15.5 Å². The van der Waals surface area contributed by atoms with Crippen LogP contribution in [0.1, 0.15) is 33.9 Å². The van der Waals surface area contributed by atoms with Gasteiger partial charge in [-0.15, -0.1) is 0 Å². The minimum absolute atomic E-state index is 0.0788. The van der Waals surface area contributed by atoms with E-state index in [-0.39, 0.29) is 11.9 Å². The summed E-state index contributed by atoms with van der Waals surface area (Å²) in [7, 11) is 0. The highest BCUT2D eigenvalue weighted by molar-refractivity contribution is 6.34. The number of halogens is 1. The maximum Gasteiger partial charge on any atom is 0.255 e. The van der Waals surface area contributed by atoms with Crippen molar-refractivity contribution in [3.8, 4) is 0 Å². The van der Waals surface area contributed by atoms with Crippen molar-refractivity contribution >= 4 is 17.5 Å². The summed E-state index contributed by atoms with van der Waals surface area (Å²) in [6.07, 6.45) is 0.963. The Balaban J connectivity index is 1.31. The summed E-state index contributed by atoms with van der Waals surface area (Å²) in [5.41, 5.74) is 9.17. The molecule has 4 rings (SSSR count). The number of carbonyl (C=O) groups is 1. The number of hydrogen-bond acceptors (Lipinski definition) is 3. The molecule has 5 heteroatoms. The summed E-state index contributed by atoms with van der Waals surface area (Å²) in [5, 5.41) is 0.554. The molecule has 2 aromatic rings. The van der Waals surface area contributed by atoms with Crippen LogP contribution in [0.2, 0.25) is 5.02 Å². The molecular formula is C23H28ClN3O. The van der Waals surface area contributed by atoms with Crippen molar-refractivity contribution in [3.05, 3.63) is 70.2 Å². The number of amides is 1. The molecule has 1 amide bonds. The fourth-order valence-electron chi connectivity index (χ4n) is 4.69. The van der Waals surface area contributed by atoms with Crippen molar-refractivity contribution in [3.63, 3.8) is 0 Å². The second kappa shape index (κ2) is 8.24. The number of nitrogens with two attached hydrogens (primary N) is 1. The molecule has 0 spiro atoms. The first-order chi connectivity index (χ1) is 13.5. The smallest absolute Gasteiger partial charge is 0.255 e. The summed E-state index contributed by atoms with van der Waals surface area (Å²) in [6.45, 7) is 6.73. The van der Waals surface area contributed by atoms with Crippen LogP contribution in [-0.2, 0) is 0 Å². The van der Waals surface area contributed by atoms with Gasteiger partial charge in [-0.2, -0.15) is 0 Å². The molecule has 2 aliphatic rings. The number of likely N-dealkylation sites (tertiary alicyclic amines) is 2. The Morgan fingerprint density at radius 3 is 2.39 bits per heavy atom. The maximum absolute atomic E-state index is 13.0. The summed E-state index contributed by atoms with van der Waals surface area (Å²) in [4.78, 5) is 17.5. The van der Waals surface area contributed by atoms with Crippen LogP contribution >= 0.6 is 11.6 Å². The van der Waals surface area contributed by atoms with Crippen LogP contribution in [0.5, 0.6) is 0 Å². The van der Waals surface area contributed by atoms with Crippen LogP contribution in [-0.4, -0.2) is 48.4 Å². The minimum atomic E-state index is 0.0788. The van der Waals surface area contributed by atoms with Crippen LogP contribution in [0.15, 0.2) is 48.5 Å². The van der Waals surface area contributed by atoms with Gasteiger partial charge in [0.2, 0.25) is 0 Å². The van der Waals surface area contributed by atoms with Crippen molar-refractivity contribution in [2.45, 2.75) is 19.4 Å². The lowest BCUT2D eigenvalue weighted by Gasteiger charge is -2.23. The summed E-state index contributed by atoms with van der Waals surface area (Å²) in [5.74, 6) is 1.19. The average molecular weight is 398 g/mol. The van der Waals surface area contributed by atoms with Crippen molar-refractivity contribution in [2.75, 3.05) is 32.7 Å². The lowest BCUT2D eigenvalue weighted by molar-refractivity contribution is 0.0773. The van der Waals surface area contributed by atoms with E-state index in [9.17, 15) is 4.79 Å². The second-order valence-corrected chi connectivity index (χ2v) is 8.63. The van der Waals surface area contributed by atoms with Crippen LogP contribution in [0.25, 0.3) is 0 Å². The van der Waals surface area contributed by atoms with E-state index < -0.39 is 0 Å². The Morgan fingerprint density at radius 1 is 1.07 bits per heavy atom. The summed E-state index contributed by atoms with van der Waals surface area (Å²) >= 11 is 6.30. The van der Waals surface area contributed by atoms with E-state index >= 15 is 0 Å². The van der Waals surface area contributed by atoms with Gasteiger partial charge in [-0.05, 0) is 48.9 Å². The maximum atomic E-state index is 13.0. The highest BCUT2D eigenvalue weighted by Gasteiger charge is 2.41. The molecule has 2 saturated heterocycles. The fourth-order valence-corrected chi connectivity index (χ4v) is 4.99. The zero-order valence-corrected chi connectivity index (χ0v) is 17.1. The predicted octanol–water partition coefficient (Wildman–Crippen LogP) is 3.74.